The van der Waals surface area contributed by atoms with Crippen molar-refractivity contribution < 1.29 is 9.26 Å². The molecule has 3 rings (SSSR count). The Morgan fingerprint density at radius 1 is 1.42 bits per heavy atom. The summed E-state index contributed by atoms with van der Waals surface area (Å²) in [6, 6.07) is 3.82. The van der Waals surface area contributed by atoms with E-state index in [0.717, 1.165) is 31.0 Å². The number of aromatic nitrogens is 3. The van der Waals surface area contributed by atoms with Crippen molar-refractivity contribution in [3.63, 3.8) is 0 Å². The number of ether oxygens (including phenoxy) is 1. The van der Waals surface area contributed by atoms with Gasteiger partial charge in [-0.15, -0.1) is 0 Å². The van der Waals surface area contributed by atoms with Gasteiger partial charge in [0.15, 0.2) is 6.61 Å². The van der Waals surface area contributed by atoms with Crippen molar-refractivity contribution in [2.45, 2.75) is 31.9 Å². The monoisotopic (exact) mass is 260 g/mol. The first kappa shape index (κ1) is 12.1. The second kappa shape index (κ2) is 5.36. The molecule has 1 aliphatic rings. The molecule has 0 aromatic carbocycles. The van der Waals surface area contributed by atoms with Gasteiger partial charge in [0.1, 0.15) is 5.75 Å². The van der Waals surface area contributed by atoms with Crippen molar-refractivity contribution in [3.05, 3.63) is 35.7 Å². The Morgan fingerprint density at radius 3 is 3.00 bits per heavy atom. The van der Waals surface area contributed by atoms with Crippen LogP contribution in [0.4, 0.5) is 0 Å². The van der Waals surface area contributed by atoms with Gasteiger partial charge in [-0.1, -0.05) is 5.16 Å². The summed E-state index contributed by atoms with van der Waals surface area (Å²) in [6.45, 7) is 1.05. The molecule has 100 valence electrons. The van der Waals surface area contributed by atoms with Crippen LogP contribution in [0, 0.1) is 0 Å². The van der Waals surface area contributed by atoms with Gasteiger partial charge in [0.05, 0.1) is 11.9 Å². The third-order valence-corrected chi connectivity index (χ3v) is 2.93. The van der Waals surface area contributed by atoms with E-state index in [4.69, 9.17) is 9.26 Å². The molecular formula is C13H16N4O2. The molecule has 0 atom stereocenters. The van der Waals surface area contributed by atoms with Crippen LogP contribution in [-0.2, 0) is 13.2 Å². The molecule has 1 N–H and O–H groups in total. The number of nitrogens with zero attached hydrogens (tertiary/aromatic N) is 3. The molecule has 1 saturated carbocycles. The molecule has 19 heavy (non-hydrogen) atoms. The fraction of sp³-hybridized carbons (Fsp3) is 0.462. The smallest absolute Gasteiger partial charge is 0.229 e. The Hall–Kier alpha value is -1.95. The molecule has 0 aliphatic heterocycles. The van der Waals surface area contributed by atoms with Gasteiger partial charge in [-0.25, -0.2) is 0 Å². The Bertz CT molecular complexity index is 534. The van der Waals surface area contributed by atoms with Crippen LogP contribution in [0.25, 0.3) is 0 Å². The third kappa shape index (κ3) is 3.08. The molecule has 0 radical (unpaired) electrons. The lowest BCUT2D eigenvalue weighted by Gasteiger charge is -2.04. The molecule has 2 aromatic heterocycles. The summed E-state index contributed by atoms with van der Waals surface area (Å²) >= 11 is 0. The lowest BCUT2D eigenvalue weighted by molar-refractivity contribution is 0.284. The van der Waals surface area contributed by atoms with Crippen LogP contribution in [0.1, 0.15) is 36.2 Å². The van der Waals surface area contributed by atoms with E-state index >= 15 is 0 Å². The van der Waals surface area contributed by atoms with E-state index in [1.807, 2.05) is 19.2 Å². The molecule has 6 nitrogen and oxygen atoms in total. The van der Waals surface area contributed by atoms with Crippen LogP contribution in [0.15, 0.2) is 22.9 Å². The largest absolute Gasteiger partial charge is 0.484 e. The maximum Gasteiger partial charge on any atom is 0.229 e. The van der Waals surface area contributed by atoms with Crippen molar-refractivity contribution >= 4 is 0 Å². The van der Waals surface area contributed by atoms with Gasteiger partial charge < -0.3 is 14.6 Å². The summed E-state index contributed by atoms with van der Waals surface area (Å²) in [5.41, 5.74) is 0.977. The van der Waals surface area contributed by atoms with Gasteiger partial charge in [-0.2, -0.15) is 4.98 Å². The normalized spacial score (nSPS) is 14.6. The Kier molecular flexibility index (Phi) is 3.41. The van der Waals surface area contributed by atoms with E-state index in [-0.39, 0.29) is 0 Å². The minimum atomic E-state index is 0.309. The van der Waals surface area contributed by atoms with Crippen molar-refractivity contribution in [1.82, 2.24) is 20.4 Å². The van der Waals surface area contributed by atoms with Gasteiger partial charge in [-0.3, -0.25) is 4.98 Å². The summed E-state index contributed by atoms with van der Waals surface area (Å²) in [5.74, 6) is 2.50. The minimum Gasteiger partial charge on any atom is -0.484 e. The highest BCUT2D eigenvalue weighted by Gasteiger charge is 2.29. The summed E-state index contributed by atoms with van der Waals surface area (Å²) in [4.78, 5) is 8.57. The number of hydrogen-bond acceptors (Lipinski definition) is 6. The first-order valence-electron chi connectivity index (χ1n) is 6.40. The van der Waals surface area contributed by atoms with Crippen LogP contribution < -0.4 is 10.1 Å². The zero-order chi connectivity index (χ0) is 13.1. The first-order chi connectivity index (χ1) is 9.35. The second-order valence-corrected chi connectivity index (χ2v) is 4.63. The highest BCUT2D eigenvalue weighted by Crippen LogP contribution is 2.38. The maximum atomic E-state index is 5.57. The molecule has 2 heterocycles. The summed E-state index contributed by atoms with van der Waals surface area (Å²) in [6.07, 6.45) is 4.01. The highest BCUT2D eigenvalue weighted by molar-refractivity contribution is 5.19. The van der Waals surface area contributed by atoms with E-state index < -0.39 is 0 Å². The van der Waals surface area contributed by atoms with Crippen molar-refractivity contribution in [1.29, 1.82) is 0 Å². The lowest BCUT2D eigenvalue weighted by Crippen LogP contribution is -2.06. The van der Waals surface area contributed by atoms with Crippen molar-refractivity contribution in [3.8, 4) is 5.75 Å². The summed E-state index contributed by atoms with van der Waals surface area (Å²) in [7, 11) is 1.89. The molecular weight excluding hydrogens is 244 g/mol. The topological polar surface area (TPSA) is 73.1 Å². The van der Waals surface area contributed by atoms with Crippen LogP contribution in [0.2, 0.25) is 0 Å². The zero-order valence-corrected chi connectivity index (χ0v) is 10.8. The van der Waals surface area contributed by atoms with E-state index in [9.17, 15) is 0 Å². The molecule has 6 heteroatoms. The Labute approximate surface area is 111 Å². The molecule has 0 spiro atoms. The molecule has 0 bridgehead atoms. The van der Waals surface area contributed by atoms with Gasteiger partial charge in [0.25, 0.3) is 0 Å². The molecule has 2 aromatic rings. The zero-order valence-electron chi connectivity index (χ0n) is 10.8. The average molecular weight is 260 g/mol. The van der Waals surface area contributed by atoms with Gasteiger partial charge in [0, 0.05) is 12.5 Å². The van der Waals surface area contributed by atoms with Crippen LogP contribution in [0.5, 0.6) is 5.75 Å². The molecule has 1 aliphatic carbocycles. The molecule has 0 saturated heterocycles. The first-order valence-corrected chi connectivity index (χ1v) is 6.40. The summed E-state index contributed by atoms with van der Waals surface area (Å²) < 4.78 is 10.7. The summed E-state index contributed by atoms with van der Waals surface area (Å²) in [5, 5.41) is 6.94. The van der Waals surface area contributed by atoms with E-state index in [1.54, 1.807) is 6.20 Å². The minimum absolute atomic E-state index is 0.309. The van der Waals surface area contributed by atoms with Crippen molar-refractivity contribution in [2.75, 3.05) is 7.05 Å². The molecule has 0 unspecified atom stereocenters. The number of nitrogens with one attached hydrogen (secondary N) is 1. The van der Waals surface area contributed by atoms with Gasteiger partial charge >= 0.3 is 0 Å². The second-order valence-electron chi connectivity index (χ2n) is 4.63. The Balaban J connectivity index is 1.55. The van der Waals surface area contributed by atoms with Crippen LogP contribution in [0.3, 0.4) is 0 Å². The highest BCUT2D eigenvalue weighted by atomic mass is 16.5. The maximum absolute atomic E-state index is 5.57. The average Bonchev–Trinajstić information content (AvgIpc) is 3.18. The van der Waals surface area contributed by atoms with Crippen LogP contribution >= 0.6 is 0 Å². The number of pyridine rings is 1. The predicted molar refractivity (Wildman–Crippen MR) is 67.6 cm³/mol. The van der Waals surface area contributed by atoms with E-state index in [2.05, 4.69) is 20.4 Å². The van der Waals surface area contributed by atoms with E-state index in [1.165, 1.54) is 0 Å². The Morgan fingerprint density at radius 2 is 2.32 bits per heavy atom. The van der Waals surface area contributed by atoms with Crippen molar-refractivity contribution in [2.24, 2.45) is 0 Å². The van der Waals surface area contributed by atoms with E-state index in [0.29, 0.717) is 24.1 Å². The quantitative estimate of drug-likeness (QED) is 0.851. The third-order valence-electron chi connectivity index (χ3n) is 2.93. The fourth-order valence-electron chi connectivity index (χ4n) is 1.75. The molecule has 1 fully saturated rings. The predicted octanol–water partition coefficient (Wildman–Crippen LogP) is 1.64. The lowest BCUT2D eigenvalue weighted by atomic mass is 10.3. The van der Waals surface area contributed by atoms with Crippen LogP contribution in [-0.4, -0.2) is 22.2 Å². The SMILES string of the molecule is CNCc1ccc(OCc2noc(C3CC3)n2)cn1. The fourth-order valence-corrected chi connectivity index (χ4v) is 1.75. The van der Waals surface area contributed by atoms with Gasteiger partial charge in [-0.05, 0) is 32.0 Å². The number of rotatable bonds is 6. The molecule has 0 amide bonds. The standard InChI is InChI=1S/C13H16N4O2/c1-14-6-10-4-5-11(7-15-10)18-8-12-16-13(19-17-12)9-2-3-9/h4-5,7,9,14H,2-3,6,8H2,1H3. The number of hydrogen-bond donors (Lipinski definition) is 1. The van der Waals surface area contributed by atoms with Gasteiger partial charge in [0.2, 0.25) is 11.7 Å².